The molecule has 0 bridgehead atoms. The molecule has 0 saturated carbocycles. The van der Waals surface area contributed by atoms with Crippen molar-refractivity contribution >= 4 is 85.2 Å². The predicted octanol–water partition coefficient (Wildman–Crippen LogP) is 19.3. The molecule has 0 N–H and O–H groups in total. The molecular formula is C79H70Ir2N4OSSi2-4. The first-order valence-corrected chi connectivity index (χ1v) is 36.8. The Morgan fingerprint density at radius 1 is 0.483 bits per heavy atom. The number of rotatable bonds is 10. The van der Waals surface area contributed by atoms with Gasteiger partial charge < -0.3 is 24.4 Å². The molecular weight excluding hydrogens is 1490 g/mol. The number of aromatic nitrogens is 4. The standard InChI is InChI=1S/C29H28NOSi.C26H22NSSi.2C12H10N.2Ir/c1-20(2)16-22-18-26(30-19-29(22)32(3,4)23-10-6-5-7-11-23)21-14-15-28-25(17-21)24-12-8-9-13-27(24)31-28;1-29(2,3)26-17-27-23(16-21(26)18-9-5-4-6-10-18)19-13-14-25-22(15-19)20-11-7-8-12-24(20)28-25;2*1-10-6-5-9-12(13-10)11-7-3-2-4-8-11;;/h5-13,15,17-20H,16H2,1-4H3;4-12,14-17H,1-3H3;2*2-7,9H,1H3;;/q4*-1;;/i;;1D3;;;. The number of fused-ring (bicyclic) bond motifs is 6. The van der Waals surface area contributed by atoms with E-state index in [0.29, 0.717) is 11.6 Å². The topological polar surface area (TPSA) is 64.7 Å². The van der Waals surface area contributed by atoms with Crippen LogP contribution in [0.25, 0.3) is 98.3 Å². The molecule has 0 atom stereocenters. The summed E-state index contributed by atoms with van der Waals surface area (Å²) in [5, 5.41) is 9.11. The smallest absolute Gasteiger partial charge is 0.120 e. The minimum atomic E-state index is -2.16. The number of nitrogens with zero attached hydrogens (tertiary/aromatic N) is 4. The Kier molecular flexibility index (Phi) is 20.4. The van der Waals surface area contributed by atoms with Crippen molar-refractivity contribution in [1.82, 2.24) is 19.9 Å². The van der Waals surface area contributed by atoms with Crippen LogP contribution in [0, 0.1) is 44.0 Å². The van der Waals surface area contributed by atoms with E-state index >= 15 is 0 Å². The zero-order valence-corrected chi connectivity index (χ0v) is 58.8. The Labute approximate surface area is 562 Å². The number of para-hydroxylation sites is 1. The van der Waals surface area contributed by atoms with Crippen molar-refractivity contribution in [2.45, 2.75) is 66.8 Å². The van der Waals surface area contributed by atoms with Crippen molar-refractivity contribution in [1.29, 1.82) is 0 Å². The molecule has 6 aromatic heterocycles. The largest absolute Gasteiger partial charge is 0.500 e. The number of hydrogen-bond donors (Lipinski definition) is 0. The van der Waals surface area contributed by atoms with Gasteiger partial charge in [0, 0.05) is 78.2 Å². The van der Waals surface area contributed by atoms with Gasteiger partial charge in [0.15, 0.2) is 0 Å². The van der Waals surface area contributed by atoms with Gasteiger partial charge in [-0.1, -0.05) is 202 Å². The number of thiophene rings is 1. The van der Waals surface area contributed by atoms with Gasteiger partial charge in [-0.25, -0.2) is 0 Å². The van der Waals surface area contributed by atoms with E-state index in [1.54, 1.807) is 18.2 Å². The molecule has 14 aromatic rings. The molecule has 0 spiro atoms. The quantitative estimate of drug-likeness (QED) is 0.101. The summed E-state index contributed by atoms with van der Waals surface area (Å²) in [4.78, 5) is 18.4. The molecule has 2 radical (unpaired) electrons. The molecule has 5 nitrogen and oxygen atoms in total. The van der Waals surface area contributed by atoms with Crippen LogP contribution in [0.1, 0.15) is 34.9 Å². The van der Waals surface area contributed by atoms with Crippen LogP contribution in [0.5, 0.6) is 0 Å². The summed E-state index contributed by atoms with van der Waals surface area (Å²) >= 11 is 1.83. The summed E-state index contributed by atoms with van der Waals surface area (Å²) in [6, 6.07) is 90.7. The number of furan rings is 1. The van der Waals surface area contributed by atoms with Gasteiger partial charge >= 0.3 is 0 Å². The van der Waals surface area contributed by atoms with Gasteiger partial charge in [-0.3, -0.25) is 0 Å². The average molecular weight is 1570 g/mol. The minimum Gasteiger partial charge on any atom is -0.500 e. The van der Waals surface area contributed by atoms with E-state index in [-0.39, 0.29) is 45.9 Å². The molecule has 0 unspecified atom stereocenters. The molecule has 6 heterocycles. The van der Waals surface area contributed by atoms with Crippen LogP contribution >= 0.6 is 11.3 Å². The van der Waals surface area contributed by atoms with Gasteiger partial charge in [-0.2, -0.15) is 11.3 Å². The van der Waals surface area contributed by atoms with Crippen LogP contribution in [0.3, 0.4) is 0 Å². The normalized spacial score (nSPS) is 11.8. The zero-order chi connectivity index (χ0) is 63.0. The van der Waals surface area contributed by atoms with Crippen LogP contribution in [0.2, 0.25) is 32.7 Å². The SMILES string of the molecule is CC(C)Cc1cc(-c2[c-]cc3oc4ccccc4c3c2)ncc1[Si](C)(C)c1ccccc1.C[Si](C)(C)c1cnc(-c2[c-]cc3sc4ccccc4c3c2)cc1-c1ccccc1.Cc1cccc(-c2[c-]cccc2)n1.[2H]C([2H])([2H])c1cccc(-c2[c-]cccc2)n1.[Ir].[Ir]. The Morgan fingerprint density at radius 2 is 1.04 bits per heavy atom. The van der Waals surface area contributed by atoms with Gasteiger partial charge in [0.1, 0.15) is 13.7 Å². The van der Waals surface area contributed by atoms with Crippen molar-refractivity contribution in [3.63, 3.8) is 0 Å². The van der Waals surface area contributed by atoms with Crippen molar-refractivity contribution < 1.29 is 48.7 Å². The van der Waals surface area contributed by atoms with Crippen LogP contribution in [0.4, 0.5) is 0 Å². The number of aryl methyl sites for hydroxylation is 2. The second-order valence-corrected chi connectivity index (χ2v) is 34.1. The van der Waals surface area contributed by atoms with Crippen LogP contribution in [-0.2, 0) is 46.6 Å². The van der Waals surface area contributed by atoms with Gasteiger partial charge in [-0.15, -0.1) is 119 Å². The van der Waals surface area contributed by atoms with Crippen LogP contribution in [-0.4, -0.2) is 36.1 Å². The maximum absolute atomic E-state index is 7.29. The van der Waals surface area contributed by atoms with Gasteiger partial charge in [0.2, 0.25) is 0 Å². The summed E-state index contributed by atoms with van der Waals surface area (Å²) in [5.41, 5.74) is 14.4. The summed E-state index contributed by atoms with van der Waals surface area (Å²) in [6.07, 6.45) is 5.29. The predicted molar refractivity (Wildman–Crippen MR) is 374 cm³/mol. The number of hydrogen-bond acceptors (Lipinski definition) is 6. The second-order valence-electron chi connectivity index (χ2n) is 23.6. The Morgan fingerprint density at radius 3 is 1.67 bits per heavy atom. The van der Waals surface area contributed by atoms with Gasteiger partial charge in [0.05, 0.1) is 13.7 Å². The molecule has 10 heteroatoms. The fourth-order valence-electron chi connectivity index (χ4n) is 10.9. The molecule has 0 aliphatic heterocycles. The molecule has 0 aliphatic rings. The third-order valence-electron chi connectivity index (χ3n) is 15.4. The summed E-state index contributed by atoms with van der Waals surface area (Å²) < 4.78 is 30.5. The van der Waals surface area contributed by atoms with Crippen LogP contribution < -0.4 is 15.6 Å². The molecule has 448 valence electrons. The van der Waals surface area contributed by atoms with E-state index in [2.05, 4.69) is 221 Å². The van der Waals surface area contributed by atoms with Gasteiger partial charge in [-0.05, 0) is 105 Å². The first kappa shape index (κ1) is 61.4. The fraction of sp³-hybridized carbons (Fsp3) is 0.139. The Hall–Kier alpha value is -7.89. The average Bonchev–Trinajstić information content (AvgIpc) is 1.22. The van der Waals surface area contributed by atoms with Crippen molar-refractivity contribution in [2.24, 2.45) is 5.92 Å². The van der Waals surface area contributed by atoms with E-state index in [1.807, 2.05) is 97.1 Å². The van der Waals surface area contributed by atoms with Crippen molar-refractivity contribution in [2.75, 3.05) is 0 Å². The molecule has 0 saturated heterocycles. The van der Waals surface area contributed by atoms with Crippen molar-refractivity contribution in [3.05, 3.63) is 284 Å². The first-order chi connectivity index (χ1) is 43.4. The van der Waals surface area contributed by atoms with Gasteiger partial charge in [0.25, 0.3) is 0 Å². The Balaban J connectivity index is 0.000000152. The van der Waals surface area contributed by atoms with Crippen LogP contribution in [0.15, 0.2) is 247 Å². The van der Waals surface area contributed by atoms with E-state index in [4.69, 9.17) is 18.5 Å². The first-order valence-electron chi connectivity index (χ1n) is 31.0. The Bertz CT molecular complexity index is 4750. The third kappa shape index (κ3) is 15.8. The maximum Gasteiger partial charge on any atom is 0.120 e. The van der Waals surface area contributed by atoms with E-state index < -0.39 is 23.0 Å². The third-order valence-corrected chi connectivity index (χ3v) is 22.1. The second kappa shape index (κ2) is 29.6. The van der Waals surface area contributed by atoms with Crippen molar-refractivity contribution in [3.8, 4) is 56.2 Å². The minimum absolute atomic E-state index is 0. The number of benzene rings is 8. The molecule has 0 amide bonds. The molecule has 0 aliphatic carbocycles. The monoisotopic (exact) mass is 1570 g/mol. The summed E-state index contributed by atoms with van der Waals surface area (Å²) in [7, 11) is -3.37. The molecule has 8 aromatic carbocycles. The zero-order valence-electron chi connectivity index (χ0n) is 54.2. The number of pyridine rings is 4. The fourth-order valence-corrected chi connectivity index (χ4v) is 16.1. The van der Waals surface area contributed by atoms with E-state index in [9.17, 15) is 0 Å². The molecule has 0 fully saturated rings. The van der Waals surface area contributed by atoms with E-state index in [0.717, 1.165) is 73.4 Å². The molecule has 89 heavy (non-hydrogen) atoms. The summed E-state index contributed by atoms with van der Waals surface area (Å²) in [6.45, 7) is 16.4. The molecule has 14 rings (SSSR count). The summed E-state index contributed by atoms with van der Waals surface area (Å²) in [5.74, 6) is 0.578. The van der Waals surface area contributed by atoms with E-state index in [1.165, 1.54) is 58.5 Å². The maximum atomic E-state index is 7.29.